The summed E-state index contributed by atoms with van der Waals surface area (Å²) in [5, 5.41) is 3.75. The van der Waals surface area contributed by atoms with Crippen molar-refractivity contribution in [2.75, 3.05) is 43.6 Å². The molecule has 0 radical (unpaired) electrons. The number of hydrogen-bond acceptors (Lipinski definition) is 5. The number of halogens is 1. The lowest BCUT2D eigenvalue weighted by Gasteiger charge is -2.18. The number of anilines is 2. The van der Waals surface area contributed by atoms with Gasteiger partial charge in [0.05, 0.1) is 18.7 Å². The van der Waals surface area contributed by atoms with Gasteiger partial charge in [0.15, 0.2) is 0 Å². The van der Waals surface area contributed by atoms with Crippen molar-refractivity contribution < 1.29 is 14.3 Å². The number of imide groups is 1. The average molecular weight is 426 g/mol. The fourth-order valence-corrected chi connectivity index (χ4v) is 3.96. The number of hydrogen-bond donors (Lipinski definition) is 1. The normalized spacial score (nSPS) is 16.7. The first-order valence-electron chi connectivity index (χ1n) is 10.1. The molecule has 156 valence electrons. The summed E-state index contributed by atoms with van der Waals surface area (Å²) in [6, 6.07) is 14.9. The number of amides is 2. The first kappa shape index (κ1) is 20.4. The van der Waals surface area contributed by atoms with Crippen molar-refractivity contribution in [1.82, 2.24) is 4.90 Å². The van der Waals surface area contributed by atoms with E-state index in [0.717, 1.165) is 18.8 Å². The maximum Gasteiger partial charge on any atom is 0.278 e. The first-order valence-corrected chi connectivity index (χ1v) is 10.4. The van der Waals surface area contributed by atoms with E-state index in [0.29, 0.717) is 16.2 Å². The van der Waals surface area contributed by atoms with Crippen molar-refractivity contribution >= 4 is 40.4 Å². The molecule has 6 nitrogen and oxygen atoms in total. The van der Waals surface area contributed by atoms with Crippen molar-refractivity contribution in [1.29, 1.82) is 0 Å². The third-order valence-electron chi connectivity index (χ3n) is 5.43. The number of ether oxygens (including phenoxy) is 1. The number of rotatable bonds is 7. The Kier molecular flexibility index (Phi) is 6.06. The molecule has 2 amide bonds. The molecule has 0 atom stereocenters. The summed E-state index contributed by atoms with van der Waals surface area (Å²) >= 11 is 6.00. The molecular weight excluding hydrogens is 402 g/mol. The van der Waals surface area contributed by atoms with Crippen molar-refractivity contribution in [3.05, 3.63) is 64.8 Å². The zero-order chi connectivity index (χ0) is 21.1. The van der Waals surface area contributed by atoms with Crippen LogP contribution in [-0.4, -0.2) is 50.1 Å². The number of methoxy groups -OCH3 is 1. The van der Waals surface area contributed by atoms with Crippen molar-refractivity contribution in [3.63, 3.8) is 0 Å². The second-order valence-electron chi connectivity index (χ2n) is 7.38. The van der Waals surface area contributed by atoms with Gasteiger partial charge >= 0.3 is 0 Å². The lowest BCUT2D eigenvalue weighted by Crippen LogP contribution is -2.35. The molecule has 0 spiro atoms. The minimum absolute atomic E-state index is 0.199. The molecule has 0 aromatic heterocycles. The maximum atomic E-state index is 13.0. The molecule has 0 unspecified atom stereocenters. The Morgan fingerprint density at radius 2 is 1.63 bits per heavy atom. The highest BCUT2D eigenvalue weighted by molar-refractivity contribution is 6.36. The lowest BCUT2D eigenvalue weighted by molar-refractivity contribution is -0.137. The van der Waals surface area contributed by atoms with Gasteiger partial charge in [-0.3, -0.25) is 14.5 Å². The van der Waals surface area contributed by atoms with E-state index in [-0.39, 0.29) is 30.7 Å². The molecular formula is C23H24ClN3O3. The van der Waals surface area contributed by atoms with E-state index < -0.39 is 0 Å². The van der Waals surface area contributed by atoms with E-state index in [1.54, 1.807) is 31.4 Å². The zero-order valence-electron chi connectivity index (χ0n) is 16.9. The van der Waals surface area contributed by atoms with Crippen LogP contribution in [0.3, 0.4) is 0 Å². The minimum Gasteiger partial charge on any atom is -0.383 e. The molecule has 1 saturated heterocycles. The van der Waals surface area contributed by atoms with E-state index in [1.807, 2.05) is 24.3 Å². The predicted octanol–water partition coefficient (Wildman–Crippen LogP) is 3.78. The van der Waals surface area contributed by atoms with Gasteiger partial charge in [0, 0.05) is 36.6 Å². The molecule has 1 fully saturated rings. The van der Waals surface area contributed by atoms with Gasteiger partial charge in [0.1, 0.15) is 5.70 Å². The Balaban J connectivity index is 1.64. The third-order valence-corrected chi connectivity index (χ3v) is 5.68. The monoisotopic (exact) mass is 425 g/mol. The van der Waals surface area contributed by atoms with Crippen LogP contribution in [0.15, 0.2) is 54.2 Å². The highest BCUT2D eigenvalue weighted by Gasteiger charge is 2.38. The van der Waals surface area contributed by atoms with E-state index in [2.05, 4.69) is 10.2 Å². The summed E-state index contributed by atoms with van der Waals surface area (Å²) in [4.78, 5) is 29.7. The van der Waals surface area contributed by atoms with Crippen molar-refractivity contribution in [3.8, 4) is 0 Å². The van der Waals surface area contributed by atoms with Crippen LogP contribution in [0.4, 0.5) is 11.4 Å². The maximum absolute atomic E-state index is 13.0. The van der Waals surface area contributed by atoms with Crippen LogP contribution < -0.4 is 10.2 Å². The quantitative estimate of drug-likeness (QED) is 0.684. The van der Waals surface area contributed by atoms with Gasteiger partial charge in [-0.15, -0.1) is 0 Å². The molecule has 4 rings (SSSR count). The summed E-state index contributed by atoms with van der Waals surface area (Å²) in [7, 11) is 1.54. The highest BCUT2D eigenvalue weighted by Crippen LogP contribution is 2.31. The van der Waals surface area contributed by atoms with E-state index in [4.69, 9.17) is 16.3 Å². The Hall–Kier alpha value is -2.83. The van der Waals surface area contributed by atoms with Gasteiger partial charge in [0.2, 0.25) is 0 Å². The Labute approximate surface area is 181 Å². The molecule has 30 heavy (non-hydrogen) atoms. The molecule has 2 aliphatic heterocycles. The average Bonchev–Trinajstić information content (AvgIpc) is 3.36. The molecule has 0 aliphatic carbocycles. The highest BCUT2D eigenvalue weighted by atomic mass is 35.5. The van der Waals surface area contributed by atoms with E-state index in [9.17, 15) is 9.59 Å². The SMILES string of the molecule is COCCN1C(=O)C(Nc2ccc(N3CCCC3)cc2)=C(c2ccc(Cl)cc2)C1=O. The van der Waals surface area contributed by atoms with E-state index >= 15 is 0 Å². The molecule has 7 heteroatoms. The molecule has 0 bridgehead atoms. The van der Waals surface area contributed by atoms with Crippen LogP contribution in [0.2, 0.25) is 5.02 Å². The number of carbonyl (C=O) groups excluding carboxylic acids is 2. The van der Waals surface area contributed by atoms with Gasteiger partial charge in [-0.1, -0.05) is 23.7 Å². The summed E-state index contributed by atoms with van der Waals surface area (Å²) in [6.45, 7) is 2.62. The van der Waals surface area contributed by atoms with Gasteiger partial charge in [-0.2, -0.15) is 0 Å². The van der Waals surface area contributed by atoms with Crippen LogP contribution in [-0.2, 0) is 14.3 Å². The Morgan fingerprint density at radius 3 is 2.27 bits per heavy atom. The smallest absolute Gasteiger partial charge is 0.278 e. The van der Waals surface area contributed by atoms with Gasteiger partial charge in [-0.25, -0.2) is 0 Å². The van der Waals surface area contributed by atoms with Crippen LogP contribution in [0.1, 0.15) is 18.4 Å². The Morgan fingerprint density at radius 1 is 0.967 bits per heavy atom. The lowest BCUT2D eigenvalue weighted by atomic mass is 10.0. The molecule has 0 saturated carbocycles. The molecule has 2 aromatic carbocycles. The molecule has 2 aromatic rings. The minimum atomic E-state index is -0.356. The van der Waals surface area contributed by atoms with Crippen molar-refractivity contribution in [2.45, 2.75) is 12.8 Å². The zero-order valence-corrected chi connectivity index (χ0v) is 17.6. The number of benzene rings is 2. The summed E-state index contributed by atoms with van der Waals surface area (Å²) < 4.78 is 5.07. The summed E-state index contributed by atoms with van der Waals surface area (Å²) in [5.74, 6) is -0.693. The second-order valence-corrected chi connectivity index (χ2v) is 7.81. The number of carbonyl (C=O) groups is 2. The van der Waals surface area contributed by atoms with Crippen LogP contribution >= 0.6 is 11.6 Å². The van der Waals surface area contributed by atoms with Gasteiger partial charge in [-0.05, 0) is 54.8 Å². The molecule has 2 heterocycles. The van der Waals surface area contributed by atoms with E-state index in [1.165, 1.54) is 23.4 Å². The van der Waals surface area contributed by atoms with Gasteiger partial charge < -0.3 is 15.0 Å². The topological polar surface area (TPSA) is 61.9 Å². The summed E-state index contributed by atoms with van der Waals surface area (Å²) in [5.41, 5.74) is 3.19. The van der Waals surface area contributed by atoms with Crippen LogP contribution in [0, 0.1) is 0 Å². The van der Waals surface area contributed by atoms with Crippen molar-refractivity contribution in [2.24, 2.45) is 0 Å². The second kappa shape index (κ2) is 8.90. The van der Waals surface area contributed by atoms with Crippen LogP contribution in [0.25, 0.3) is 5.57 Å². The summed E-state index contributed by atoms with van der Waals surface area (Å²) in [6.07, 6.45) is 2.43. The predicted molar refractivity (Wildman–Crippen MR) is 118 cm³/mol. The number of nitrogens with zero attached hydrogens (tertiary/aromatic N) is 2. The Bertz CT molecular complexity index is 964. The third kappa shape index (κ3) is 4.06. The first-order chi connectivity index (χ1) is 14.6. The standard InChI is InChI=1S/C23H24ClN3O3/c1-30-15-14-27-22(28)20(16-4-6-17(24)7-5-16)21(23(27)29)25-18-8-10-19(11-9-18)26-12-2-3-13-26/h4-11,25H,2-3,12-15H2,1H3. The van der Waals surface area contributed by atoms with Crippen LogP contribution in [0.5, 0.6) is 0 Å². The largest absolute Gasteiger partial charge is 0.383 e. The molecule has 1 N–H and O–H groups in total. The number of nitrogens with one attached hydrogen (secondary N) is 1. The van der Waals surface area contributed by atoms with Gasteiger partial charge in [0.25, 0.3) is 11.8 Å². The fraction of sp³-hybridized carbons (Fsp3) is 0.304. The fourth-order valence-electron chi connectivity index (χ4n) is 3.84. The molecule has 2 aliphatic rings.